The fraction of sp³-hybridized carbons (Fsp3) is 0.462. The smallest absolute Gasteiger partial charge is 0.106 e. The topological polar surface area (TPSA) is 29.3 Å². The van der Waals surface area contributed by atoms with Gasteiger partial charge < -0.3 is 10.6 Å². The molecule has 0 atom stereocenters. The minimum absolute atomic E-state index is 0.393. The molecule has 0 saturated carbocycles. The van der Waals surface area contributed by atoms with Crippen LogP contribution in [-0.4, -0.2) is 17.6 Å². The van der Waals surface area contributed by atoms with Crippen molar-refractivity contribution >= 4 is 34.5 Å². The van der Waals surface area contributed by atoms with Gasteiger partial charge in [0.2, 0.25) is 0 Å². The van der Waals surface area contributed by atoms with Crippen LogP contribution in [0.15, 0.2) is 18.2 Å². The Hall–Kier alpha value is -0.800. The summed E-state index contributed by atoms with van der Waals surface area (Å²) in [5, 5.41) is 0.664. The summed E-state index contributed by atoms with van der Waals surface area (Å²) in [4.78, 5) is 2.69. The van der Waals surface area contributed by atoms with Crippen LogP contribution in [0, 0.1) is 0 Å². The Kier molecular flexibility index (Phi) is 5.22. The van der Waals surface area contributed by atoms with Crippen molar-refractivity contribution in [2.24, 2.45) is 5.73 Å². The van der Waals surface area contributed by atoms with Crippen LogP contribution in [0.2, 0.25) is 5.02 Å². The van der Waals surface area contributed by atoms with Gasteiger partial charge in [-0.05, 0) is 38.5 Å². The van der Waals surface area contributed by atoms with Crippen LogP contribution in [0.4, 0.5) is 5.69 Å². The molecule has 4 heteroatoms. The van der Waals surface area contributed by atoms with Gasteiger partial charge in [0.25, 0.3) is 0 Å². The van der Waals surface area contributed by atoms with E-state index < -0.39 is 0 Å². The van der Waals surface area contributed by atoms with Crippen LogP contribution < -0.4 is 10.6 Å². The molecular formula is C13H19ClN2S. The number of anilines is 1. The number of benzene rings is 1. The Morgan fingerprint density at radius 2 is 2.12 bits per heavy atom. The fourth-order valence-corrected chi connectivity index (χ4v) is 2.19. The van der Waals surface area contributed by atoms with Gasteiger partial charge in [-0.15, -0.1) is 0 Å². The van der Waals surface area contributed by atoms with Crippen LogP contribution >= 0.6 is 23.8 Å². The van der Waals surface area contributed by atoms with Gasteiger partial charge in [0.1, 0.15) is 4.99 Å². The molecule has 0 heterocycles. The van der Waals surface area contributed by atoms with Crippen molar-refractivity contribution in [2.45, 2.75) is 33.2 Å². The average molecular weight is 271 g/mol. The Balaban J connectivity index is 3.22. The van der Waals surface area contributed by atoms with E-state index in [-0.39, 0.29) is 0 Å². The van der Waals surface area contributed by atoms with Crippen LogP contribution in [0.3, 0.4) is 0 Å². The molecule has 1 aromatic rings. The molecule has 17 heavy (non-hydrogen) atoms. The molecule has 0 saturated heterocycles. The van der Waals surface area contributed by atoms with E-state index in [2.05, 4.69) is 25.7 Å². The van der Waals surface area contributed by atoms with Gasteiger partial charge in [0.15, 0.2) is 0 Å². The molecule has 0 radical (unpaired) electrons. The van der Waals surface area contributed by atoms with Crippen molar-refractivity contribution in [3.63, 3.8) is 0 Å². The largest absolute Gasteiger partial charge is 0.389 e. The predicted octanol–water partition coefficient (Wildman–Crippen LogP) is 3.60. The third kappa shape index (κ3) is 3.58. The summed E-state index contributed by atoms with van der Waals surface area (Å²) in [7, 11) is 0. The number of thiocarbonyl (C=S) groups is 1. The molecule has 2 N–H and O–H groups in total. The zero-order chi connectivity index (χ0) is 13.0. The standard InChI is InChI=1S/C13H19ClN2S/c1-4-7-16(9(2)3)12-6-5-10(14)8-11(12)13(15)17/h5-6,8-9H,4,7H2,1-3H3,(H2,15,17). The molecule has 0 spiro atoms. The molecule has 94 valence electrons. The lowest BCUT2D eigenvalue weighted by molar-refractivity contribution is 0.671. The molecule has 0 aliphatic heterocycles. The minimum Gasteiger partial charge on any atom is -0.389 e. The Morgan fingerprint density at radius 1 is 1.47 bits per heavy atom. The summed E-state index contributed by atoms with van der Waals surface area (Å²) >= 11 is 11.1. The molecule has 0 aliphatic carbocycles. The van der Waals surface area contributed by atoms with Gasteiger partial charge in [-0.25, -0.2) is 0 Å². The quantitative estimate of drug-likeness (QED) is 0.829. The third-order valence-corrected chi connectivity index (χ3v) is 3.08. The Morgan fingerprint density at radius 3 is 2.59 bits per heavy atom. The lowest BCUT2D eigenvalue weighted by Gasteiger charge is -2.30. The van der Waals surface area contributed by atoms with Crippen molar-refractivity contribution < 1.29 is 0 Å². The second-order valence-corrected chi connectivity index (χ2v) is 5.19. The molecule has 2 nitrogen and oxygen atoms in total. The van der Waals surface area contributed by atoms with E-state index in [0.717, 1.165) is 24.2 Å². The number of nitrogens with zero attached hydrogens (tertiary/aromatic N) is 1. The van der Waals surface area contributed by atoms with Crippen molar-refractivity contribution in [2.75, 3.05) is 11.4 Å². The number of hydrogen-bond donors (Lipinski definition) is 1. The highest BCUT2D eigenvalue weighted by Gasteiger charge is 2.15. The van der Waals surface area contributed by atoms with Crippen molar-refractivity contribution in [3.05, 3.63) is 28.8 Å². The molecule has 0 amide bonds. The highest BCUT2D eigenvalue weighted by atomic mass is 35.5. The molecule has 1 rings (SSSR count). The van der Waals surface area contributed by atoms with E-state index in [1.165, 1.54) is 0 Å². The van der Waals surface area contributed by atoms with Crippen LogP contribution in [0.1, 0.15) is 32.8 Å². The summed E-state index contributed by atoms with van der Waals surface area (Å²) in [5.41, 5.74) is 7.69. The summed E-state index contributed by atoms with van der Waals surface area (Å²) in [6.45, 7) is 7.46. The molecule has 0 fully saturated rings. The van der Waals surface area contributed by atoms with Gasteiger partial charge in [-0.1, -0.05) is 30.7 Å². The van der Waals surface area contributed by atoms with Crippen LogP contribution in [0.25, 0.3) is 0 Å². The Labute approximate surface area is 114 Å². The minimum atomic E-state index is 0.393. The lowest BCUT2D eigenvalue weighted by atomic mass is 10.1. The second kappa shape index (κ2) is 6.22. The first-order chi connectivity index (χ1) is 7.97. The van der Waals surface area contributed by atoms with Gasteiger partial charge in [-0.3, -0.25) is 0 Å². The van der Waals surface area contributed by atoms with Gasteiger partial charge >= 0.3 is 0 Å². The Bertz CT molecular complexity index is 404. The first-order valence-corrected chi connectivity index (χ1v) is 6.62. The normalized spacial score (nSPS) is 10.6. The van der Waals surface area contributed by atoms with Gasteiger partial charge in [-0.2, -0.15) is 0 Å². The second-order valence-electron chi connectivity index (χ2n) is 4.31. The van der Waals surface area contributed by atoms with E-state index in [9.17, 15) is 0 Å². The van der Waals surface area contributed by atoms with Crippen LogP contribution in [-0.2, 0) is 0 Å². The zero-order valence-electron chi connectivity index (χ0n) is 10.5. The molecule has 0 aromatic heterocycles. The van der Waals surface area contributed by atoms with Crippen LogP contribution in [0.5, 0.6) is 0 Å². The maximum Gasteiger partial charge on any atom is 0.106 e. The predicted molar refractivity (Wildman–Crippen MR) is 80.1 cm³/mol. The van der Waals surface area contributed by atoms with Crippen molar-refractivity contribution in [3.8, 4) is 0 Å². The zero-order valence-corrected chi connectivity index (χ0v) is 12.1. The van der Waals surface area contributed by atoms with E-state index in [1.807, 2.05) is 18.2 Å². The SMILES string of the molecule is CCCN(c1ccc(Cl)cc1C(N)=S)C(C)C. The number of halogens is 1. The maximum absolute atomic E-state index is 5.99. The van der Waals surface area contributed by atoms with E-state index in [1.54, 1.807) is 0 Å². The van der Waals surface area contributed by atoms with Crippen molar-refractivity contribution in [1.82, 2.24) is 0 Å². The van der Waals surface area contributed by atoms with E-state index in [4.69, 9.17) is 29.6 Å². The molecule has 0 unspecified atom stereocenters. The highest BCUT2D eigenvalue weighted by Crippen LogP contribution is 2.26. The molecule has 1 aromatic carbocycles. The first kappa shape index (κ1) is 14.3. The maximum atomic E-state index is 5.99. The summed E-state index contributed by atoms with van der Waals surface area (Å²) in [6, 6.07) is 6.12. The summed E-state index contributed by atoms with van der Waals surface area (Å²) in [5.74, 6) is 0. The molecule has 0 bridgehead atoms. The van der Waals surface area contributed by atoms with E-state index >= 15 is 0 Å². The first-order valence-electron chi connectivity index (χ1n) is 5.83. The van der Waals surface area contributed by atoms with Gasteiger partial charge in [0.05, 0.1) is 0 Å². The average Bonchev–Trinajstić information content (AvgIpc) is 2.26. The van der Waals surface area contributed by atoms with Gasteiger partial charge in [0, 0.05) is 28.9 Å². The highest BCUT2D eigenvalue weighted by molar-refractivity contribution is 7.80. The molecule has 0 aliphatic rings. The van der Waals surface area contributed by atoms with E-state index in [0.29, 0.717) is 16.1 Å². The fourth-order valence-electron chi connectivity index (χ4n) is 1.85. The third-order valence-electron chi connectivity index (χ3n) is 2.62. The monoisotopic (exact) mass is 270 g/mol. The summed E-state index contributed by atoms with van der Waals surface area (Å²) < 4.78 is 0. The lowest BCUT2D eigenvalue weighted by Crippen LogP contribution is -2.33. The number of hydrogen-bond acceptors (Lipinski definition) is 2. The number of rotatable bonds is 5. The molecular weight excluding hydrogens is 252 g/mol. The van der Waals surface area contributed by atoms with Crippen molar-refractivity contribution in [1.29, 1.82) is 0 Å². The number of nitrogens with two attached hydrogens (primary N) is 1. The summed E-state index contributed by atoms with van der Waals surface area (Å²) in [6.07, 6.45) is 1.08.